The van der Waals surface area contributed by atoms with Crippen LogP contribution in [0.15, 0.2) is 72.4 Å². The molecule has 2 saturated heterocycles. The number of aliphatic hydroxyl groups is 1. The summed E-state index contributed by atoms with van der Waals surface area (Å²) < 4.78 is 31.7. The number of likely N-dealkylation sites (tertiary alicyclic amines) is 1. The second-order valence-corrected chi connectivity index (χ2v) is 15.0. The highest BCUT2D eigenvalue weighted by molar-refractivity contribution is 7.89. The lowest BCUT2D eigenvalue weighted by atomic mass is 9.91. The number of fused-ring (bicyclic) bond motifs is 1. The van der Waals surface area contributed by atoms with Gasteiger partial charge in [0.05, 0.1) is 18.0 Å². The molecule has 0 aliphatic carbocycles. The molecule has 0 bridgehead atoms. The normalized spacial score (nSPS) is 23.1. The number of halogens is 2. The highest BCUT2D eigenvalue weighted by Gasteiger charge is 2.53. The number of anilines is 2. The number of hydrogen-bond acceptors (Lipinski definition) is 8. The summed E-state index contributed by atoms with van der Waals surface area (Å²) in [7, 11) is -4.33. The summed E-state index contributed by atoms with van der Waals surface area (Å²) >= 11 is 12.7. The van der Waals surface area contributed by atoms with Crippen molar-refractivity contribution in [2.24, 2.45) is 0 Å². The van der Waals surface area contributed by atoms with E-state index in [1.807, 2.05) is 24.3 Å². The molecule has 244 valence electrons. The van der Waals surface area contributed by atoms with Crippen LogP contribution in [0, 0.1) is 0 Å². The number of rotatable bonds is 7. The molecule has 0 radical (unpaired) electrons. The molecular weight excluding hydrogens is 665 g/mol. The van der Waals surface area contributed by atoms with Crippen LogP contribution in [0.2, 0.25) is 10.0 Å². The van der Waals surface area contributed by atoms with Crippen LogP contribution in [0.5, 0.6) is 0 Å². The molecule has 15 heteroatoms. The van der Waals surface area contributed by atoms with Crippen LogP contribution in [0.4, 0.5) is 11.6 Å². The number of imidazole rings is 1. The Morgan fingerprint density at radius 2 is 1.70 bits per heavy atom. The van der Waals surface area contributed by atoms with Gasteiger partial charge in [0.15, 0.2) is 5.03 Å². The number of carbonyl (C=O) groups excluding carboxylic acids is 2. The highest BCUT2D eigenvalue weighted by atomic mass is 35.5. The van der Waals surface area contributed by atoms with Crippen LogP contribution in [0.25, 0.3) is 11.1 Å². The molecule has 2 aromatic heterocycles. The average molecular weight is 697 g/mol. The largest absolute Gasteiger partial charge is 0.391 e. The van der Waals surface area contributed by atoms with E-state index in [0.29, 0.717) is 41.5 Å². The van der Waals surface area contributed by atoms with Gasteiger partial charge in [0.25, 0.3) is 15.9 Å². The molecule has 5 heterocycles. The number of amides is 2. The van der Waals surface area contributed by atoms with Gasteiger partial charge in [0.1, 0.15) is 17.9 Å². The topological polar surface area (TPSA) is 142 Å². The summed E-state index contributed by atoms with van der Waals surface area (Å²) in [5.41, 5.74) is 1.38. The standard InChI is InChI=1S/C32H31Cl2N7O5S/c1-32(14-20-4-6-21(7-5-20)22-15-35-19-36-16-22)30(44)40(25-12-23(33)11-24(34)13-25)31-37-17-28(41(31)32)47(45,46)39-9-2-3-27(39)29(43)38-10-8-26(42)18-38/h4-7,11-13,15-17,19,26-27,42H,2-3,8-10,14,18H2,1H3. The Bertz CT molecular complexity index is 1950. The predicted molar refractivity (Wildman–Crippen MR) is 175 cm³/mol. The lowest BCUT2D eigenvalue weighted by Gasteiger charge is -2.30. The molecule has 0 saturated carbocycles. The lowest BCUT2D eigenvalue weighted by molar-refractivity contribution is -0.134. The zero-order chi connectivity index (χ0) is 33.1. The van der Waals surface area contributed by atoms with Crippen molar-refractivity contribution >= 4 is 56.7 Å². The van der Waals surface area contributed by atoms with Gasteiger partial charge in [-0.1, -0.05) is 47.5 Å². The van der Waals surface area contributed by atoms with Gasteiger partial charge in [0.2, 0.25) is 11.9 Å². The van der Waals surface area contributed by atoms with Crippen molar-refractivity contribution in [1.29, 1.82) is 0 Å². The molecule has 2 amide bonds. The second-order valence-electron chi connectivity index (χ2n) is 12.3. The van der Waals surface area contributed by atoms with Crippen molar-refractivity contribution in [3.8, 4) is 11.1 Å². The van der Waals surface area contributed by atoms with Gasteiger partial charge in [-0.25, -0.2) is 28.3 Å². The summed E-state index contributed by atoms with van der Waals surface area (Å²) in [5, 5.41) is 10.4. The highest BCUT2D eigenvalue weighted by Crippen LogP contribution is 2.45. The zero-order valence-corrected chi connectivity index (χ0v) is 27.7. The Balaban J connectivity index is 1.30. The zero-order valence-electron chi connectivity index (χ0n) is 25.3. The first-order chi connectivity index (χ1) is 22.5. The number of benzene rings is 2. The minimum Gasteiger partial charge on any atom is -0.391 e. The average Bonchev–Trinajstić information content (AvgIpc) is 3.84. The third-order valence-corrected chi connectivity index (χ3v) is 11.4. The van der Waals surface area contributed by atoms with Gasteiger partial charge in [-0.05, 0) is 55.5 Å². The van der Waals surface area contributed by atoms with Crippen LogP contribution in [-0.2, 0) is 31.6 Å². The van der Waals surface area contributed by atoms with Gasteiger partial charge in [-0.3, -0.25) is 14.2 Å². The lowest BCUT2D eigenvalue weighted by Crippen LogP contribution is -2.48. The molecule has 47 heavy (non-hydrogen) atoms. The summed E-state index contributed by atoms with van der Waals surface area (Å²) in [6.45, 7) is 2.36. The van der Waals surface area contributed by atoms with Crippen molar-refractivity contribution in [3.63, 3.8) is 0 Å². The Labute approximate surface area is 281 Å². The van der Waals surface area contributed by atoms with Crippen LogP contribution in [-0.4, -0.2) is 85.8 Å². The summed E-state index contributed by atoms with van der Waals surface area (Å²) in [4.78, 5) is 43.5. The SMILES string of the molecule is CC1(Cc2ccc(-c3cncnc3)cc2)C(=O)N(c2cc(Cl)cc(Cl)c2)c2ncc(S(=O)(=O)N3CCCC3C(=O)N3CCC(O)C3)n21. The Morgan fingerprint density at radius 3 is 2.36 bits per heavy atom. The van der Waals surface area contributed by atoms with Gasteiger partial charge in [0, 0.05) is 54.1 Å². The van der Waals surface area contributed by atoms with Crippen molar-refractivity contribution in [2.45, 2.75) is 55.3 Å². The fourth-order valence-electron chi connectivity index (χ4n) is 6.82. The molecular formula is C32H31Cl2N7O5S. The first-order valence-corrected chi connectivity index (χ1v) is 17.4. The molecule has 2 fully saturated rings. The van der Waals surface area contributed by atoms with Crippen molar-refractivity contribution in [3.05, 3.63) is 83.0 Å². The van der Waals surface area contributed by atoms with Crippen LogP contribution < -0.4 is 4.90 Å². The van der Waals surface area contributed by atoms with Gasteiger partial charge >= 0.3 is 0 Å². The molecule has 3 aliphatic heterocycles. The number of aromatic nitrogens is 4. The Morgan fingerprint density at radius 1 is 1.00 bits per heavy atom. The van der Waals surface area contributed by atoms with Gasteiger partial charge in [-0.2, -0.15) is 4.31 Å². The van der Waals surface area contributed by atoms with Crippen molar-refractivity contribution in [2.75, 3.05) is 24.5 Å². The van der Waals surface area contributed by atoms with E-state index in [1.165, 1.54) is 37.3 Å². The molecule has 3 unspecified atom stereocenters. The minimum atomic E-state index is -4.33. The van der Waals surface area contributed by atoms with Crippen LogP contribution >= 0.6 is 23.2 Å². The molecule has 12 nitrogen and oxygen atoms in total. The van der Waals surface area contributed by atoms with Crippen LogP contribution in [0.3, 0.4) is 0 Å². The fraction of sp³-hybridized carbons (Fsp3) is 0.344. The molecule has 3 atom stereocenters. The summed E-state index contributed by atoms with van der Waals surface area (Å²) in [6, 6.07) is 11.3. The number of nitrogens with zero attached hydrogens (tertiary/aromatic N) is 7. The maximum atomic E-state index is 14.5. The quantitative estimate of drug-likeness (QED) is 0.306. The van der Waals surface area contributed by atoms with Crippen molar-refractivity contribution < 1.29 is 23.1 Å². The maximum Gasteiger partial charge on any atom is 0.261 e. The maximum absolute atomic E-state index is 14.5. The monoisotopic (exact) mass is 695 g/mol. The smallest absolute Gasteiger partial charge is 0.261 e. The van der Waals surface area contributed by atoms with E-state index >= 15 is 0 Å². The van der Waals surface area contributed by atoms with E-state index in [1.54, 1.807) is 31.5 Å². The Hall–Kier alpha value is -3.88. The van der Waals surface area contributed by atoms with Crippen LogP contribution in [0.1, 0.15) is 31.7 Å². The number of carbonyl (C=O) groups is 2. The number of hydrogen-bond donors (Lipinski definition) is 1. The third-order valence-electron chi connectivity index (χ3n) is 9.11. The van der Waals surface area contributed by atoms with Crippen molar-refractivity contribution in [1.82, 2.24) is 28.7 Å². The van der Waals surface area contributed by atoms with E-state index in [-0.39, 0.29) is 36.4 Å². The molecule has 0 spiro atoms. The number of β-amino-alcohol motifs (C(OH)–C–C–N with tert-alkyl or cyclic N) is 1. The van der Waals surface area contributed by atoms with E-state index in [2.05, 4.69) is 15.0 Å². The second kappa shape index (κ2) is 12.0. The predicted octanol–water partition coefficient (Wildman–Crippen LogP) is 4.03. The first-order valence-electron chi connectivity index (χ1n) is 15.2. The van der Waals surface area contributed by atoms with E-state index < -0.39 is 33.6 Å². The molecule has 4 aromatic rings. The molecule has 7 rings (SSSR count). The first kappa shape index (κ1) is 31.7. The number of sulfonamides is 1. The van der Waals surface area contributed by atoms with Gasteiger partial charge in [-0.15, -0.1) is 0 Å². The van der Waals surface area contributed by atoms with E-state index in [9.17, 15) is 23.1 Å². The summed E-state index contributed by atoms with van der Waals surface area (Å²) in [5.74, 6) is -0.657. The van der Waals surface area contributed by atoms with E-state index in [4.69, 9.17) is 23.2 Å². The Kier molecular flexibility index (Phi) is 8.08. The van der Waals surface area contributed by atoms with E-state index in [0.717, 1.165) is 16.7 Å². The summed E-state index contributed by atoms with van der Waals surface area (Å²) in [6.07, 6.45) is 6.90. The molecule has 1 N–H and O–H groups in total. The number of aliphatic hydroxyl groups excluding tert-OH is 1. The molecule has 3 aliphatic rings. The fourth-order valence-corrected chi connectivity index (χ4v) is 9.18. The minimum absolute atomic E-state index is 0.0946. The van der Waals surface area contributed by atoms with Gasteiger partial charge < -0.3 is 10.0 Å². The third kappa shape index (κ3) is 5.49. The molecule has 2 aromatic carbocycles.